The summed E-state index contributed by atoms with van der Waals surface area (Å²) in [6.07, 6.45) is 2.13. The monoisotopic (exact) mass is 312 g/mol. The van der Waals surface area contributed by atoms with Crippen LogP contribution in [0.5, 0.6) is 0 Å². The zero-order valence-electron chi connectivity index (χ0n) is 13.1. The van der Waals surface area contributed by atoms with Crippen LogP contribution in [0.2, 0.25) is 19.6 Å². The summed E-state index contributed by atoms with van der Waals surface area (Å²) >= 11 is 2.01. The highest BCUT2D eigenvalue weighted by Crippen LogP contribution is 2.39. The van der Waals surface area contributed by atoms with Gasteiger partial charge in [-0.05, 0) is 17.7 Å². The molecule has 0 bridgehead atoms. The van der Waals surface area contributed by atoms with Gasteiger partial charge in [0.1, 0.15) is 0 Å². The van der Waals surface area contributed by atoms with Crippen LogP contribution in [-0.2, 0) is 0 Å². The van der Waals surface area contributed by atoms with Gasteiger partial charge in [0.15, 0.2) is 0 Å². The van der Waals surface area contributed by atoms with Crippen molar-refractivity contribution >= 4 is 19.8 Å². The molecule has 0 radical (unpaired) electrons. The number of hydrogen-bond acceptors (Lipinski definition) is 1. The molecule has 2 heteroatoms. The highest BCUT2D eigenvalue weighted by Gasteiger charge is 2.33. The molecule has 0 unspecified atom stereocenters. The number of allylic oxidation sites excluding steroid dienone is 1. The van der Waals surface area contributed by atoms with Crippen LogP contribution in [0.3, 0.4) is 0 Å². The molecule has 0 aromatic heterocycles. The third-order valence-corrected chi connectivity index (χ3v) is 9.26. The summed E-state index contributed by atoms with van der Waals surface area (Å²) in [5, 5.41) is 0. The molecule has 0 saturated carbocycles. The third-order valence-electron chi connectivity index (χ3n) is 3.62. The van der Waals surface area contributed by atoms with E-state index in [-0.39, 0.29) is 0 Å². The number of benzene rings is 2. The second-order valence-corrected chi connectivity index (χ2v) is 13.4. The van der Waals surface area contributed by atoms with E-state index in [4.69, 9.17) is 0 Å². The summed E-state index contributed by atoms with van der Waals surface area (Å²) in [5.74, 6) is 0.406. The number of rotatable bonds is 6. The molecule has 0 nitrogen and oxygen atoms in total. The molecular formula is C19H24SSi. The fourth-order valence-corrected chi connectivity index (χ4v) is 6.79. The molecule has 2 aromatic rings. The molecule has 2 atom stereocenters. The molecule has 0 amide bonds. The first-order chi connectivity index (χ1) is 10.0. The highest BCUT2D eigenvalue weighted by atomic mass is 32.2. The zero-order chi connectivity index (χ0) is 15.3. The van der Waals surface area contributed by atoms with E-state index < -0.39 is 8.07 Å². The average molecular weight is 313 g/mol. The van der Waals surface area contributed by atoms with Crippen molar-refractivity contribution in [3.05, 3.63) is 78.9 Å². The van der Waals surface area contributed by atoms with Gasteiger partial charge in [0.25, 0.3) is 0 Å². The summed E-state index contributed by atoms with van der Waals surface area (Å²) < 4.78 is 0. The maximum absolute atomic E-state index is 4.12. The van der Waals surface area contributed by atoms with Gasteiger partial charge in [-0.2, -0.15) is 0 Å². The van der Waals surface area contributed by atoms with Crippen LogP contribution in [0.1, 0.15) is 11.5 Å². The van der Waals surface area contributed by atoms with E-state index in [1.165, 1.54) is 10.5 Å². The fraction of sp³-hybridized carbons (Fsp3) is 0.263. The predicted octanol–water partition coefficient (Wildman–Crippen LogP) is 5.99. The Morgan fingerprint density at radius 3 is 1.90 bits per heavy atom. The summed E-state index contributed by atoms with van der Waals surface area (Å²) in [4.78, 5) is 1.94. The standard InChI is InChI=1S/C19H24SSi/c1-5-18(16-12-8-6-9-13-16)19(21(2,3)4)20-17-14-10-7-11-15-17/h5-15,18-19H,1H2,2-4H3/t18-,19-/m1/s1. The van der Waals surface area contributed by atoms with Gasteiger partial charge in [0.2, 0.25) is 0 Å². The summed E-state index contributed by atoms with van der Waals surface area (Å²) in [7, 11) is -1.34. The lowest BCUT2D eigenvalue weighted by Crippen LogP contribution is -2.39. The second kappa shape index (κ2) is 7.14. The Bertz CT molecular complexity index is 557. The molecular weight excluding hydrogens is 288 g/mol. The Kier molecular flexibility index (Phi) is 5.49. The molecule has 0 aliphatic carbocycles. The van der Waals surface area contributed by atoms with E-state index in [1.807, 2.05) is 11.8 Å². The van der Waals surface area contributed by atoms with Crippen molar-refractivity contribution in [1.29, 1.82) is 0 Å². The van der Waals surface area contributed by atoms with Crippen molar-refractivity contribution in [2.75, 3.05) is 0 Å². The first kappa shape index (κ1) is 16.1. The molecule has 2 rings (SSSR count). The molecule has 0 saturated heterocycles. The second-order valence-electron chi connectivity index (χ2n) is 6.39. The molecule has 21 heavy (non-hydrogen) atoms. The molecule has 0 heterocycles. The van der Waals surface area contributed by atoms with Crippen molar-refractivity contribution in [3.8, 4) is 0 Å². The highest BCUT2D eigenvalue weighted by molar-refractivity contribution is 8.01. The van der Waals surface area contributed by atoms with Crippen molar-refractivity contribution in [1.82, 2.24) is 0 Å². The van der Waals surface area contributed by atoms with Crippen LogP contribution in [0, 0.1) is 0 Å². The van der Waals surface area contributed by atoms with Gasteiger partial charge >= 0.3 is 0 Å². The Hall–Kier alpha value is -1.25. The van der Waals surface area contributed by atoms with Crippen LogP contribution < -0.4 is 0 Å². The fourth-order valence-electron chi connectivity index (χ4n) is 2.54. The summed E-state index contributed by atoms with van der Waals surface area (Å²) in [6, 6.07) is 21.5. The van der Waals surface area contributed by atoms with Gasteiger partial charge in [0, 0.05) is 15.7 Å². The topological polar surface area (TPSA) is 0 Å². The minimum Gasteiger partial charge on any atom is -0.125 e. The molecule has 0 aliphatic heterocycles. The maximum Gasteiger partial charge on any atom is 0.0603 e. The summed E-state index contributed by atoms with van der Waals surface area (Å²) in [5.41, 5.74) is 1.38. The van der Waals surface area contributed by atoms with Gasteiger partial charge in [-0.25, -0.2) is 0 Å². The third kappa shape index (κ3) is 4.35. The molecule has 110 valence electrons. The maximum atomic E-state index is 4.12. The molecule has 0 fully saturated rings. The van der Waals surface area contributed by atoms with Crippen LogP contribution >= 0.6 is 11.8 Å². The Morgan fingerprint density at radius 2 is 1.43 bits per heavy atom. The van der Waals surface area contributed by atoms with E-state index >= 15 is 0 Å². The van der Waals surface area contributed by atoms with Gasteiger partial charge < -0.3 is 0 Å². The van der Waals surface area contributed by atoms with Gasteiger partial charge in [-0.3, -0.25) is 0 Å². The lowest BCUT2D eigenvalue weighted by Gasteiger charge is -2.34. The van der Waals surface area contributed by atoms with E-state index in [1.54, 1.807) is 0 Å². The van der Waals surface area contributed by atoms with Crippen molar-refractivity contribution in [3.63, 3.8) is 0 Å². The van der Waals surface area contributed by atoms with E-state index in [9.17, 15) is 0 Å². The first-order valence-corrected chi connectivity index (χ1v) is 11.9. The minimum absolute atomic E-state index is 0.406. The Labute approximate surface area is 134 Å². The zero-order valence-corrected chi connectivity index (χ0v) is 14.9. The molecule has 2 aromatic carbocycles. The van der Waals surface area contributed by atoms with Gasteiger partial charge in [-0.1, -0.05) is 74.2 Å². The summed E-state index contributed by atoms with van der Waals surface area (Å²) in [6.45, 7) is 11.5. The lowest BCUT2D eigenvalue weighted by atomic mass is 10.0. The van der Waals surface area contributed by atoms with E-state index in [0.29, 0.717) is 10.8 Å². The average Bonchev–Trinajstić information content (AvgIpc) is 2.48. The largest absolute Gasteiger partial charge is 0.125 e. The van der Waals surface area contributed by atoms with Crippen molar-refractivity contribution in [2.24, 2.45) is 0 Å². The van der Waals surface area contributed by atoms with Crippen LogP contribution in [0.25, 0.3) is 0 Å². The number of hydrogen-bond donors (Lipinski definition) is 0. The normalized spacial score (nSPS) is 14.4. The quantitative estimate of drug-likeness (QED) is 0.358. The van der Waals surface area contributed by atoms with Crippen molar-refractivity contribution in [2.45, 2.75) is 35.3 Å². The smallest absolute Gasteiger partial charge is 0.0603 e. The molecule has 0 aliphatic rings. The SMILES string of the molecule is C=C[C@H](c1ccccc1)[C@H](Sc1ccccc1)[Si](C)(C)C. The van der Waals surface area contributed by atoms with E-state index in [2.05, 4.69) is 93.0 Å². The van der Waals surface area contributed by atoms with E-state index in [0.717, 1.165) is 0 Å². The van der Waals surface area contributed by atoms with Gasteiger partial charge in [0.05, 0.1) is 8.07 Å². The van der Waals surface area contributed by atoms with Crippen LogP contribution in [-0.4, -0.2) is 12.9 Å². The predicted molar refractivity (Wildman–Crippen MR) is 98.8 cm³/mol. The van der Waals surface area contributed by atoms with Crippen molar-refractivity contribution < 1.29 is 0 Å². The minimum atomic E-state index is -1.34. The molecule has 0 spiro atoms. The first-order valence-electron chi connectivity index (χ1n) is 7.41. The lowest BCUT2D eigenvalue weighted by molar-refractivity contribution is 0.910. The Morgan fingerprint density at radius 1 is 0.905 bits per heavy atom. The number of thioether (sulfide) groups is 1. The molecule has 0 N–H and O–H groups in total. The Balaban J connectivity index is 2.33. The van der Waals surface area contributed by atoms with Crippen LogP contribution in [0.4, 0.5) is 0 Å². The van der Waals surface area contributed by atoms with Gasteiger partial charge in [-0.15, -0.1) is 18.3 Å². The van der Waals surface area contributed by atoms with Crippen LogP contribution in [0.15, 0.2) is 78.2 Å².